The minimum Gasteiger partial charge on any atom is -0.488 e. The number of halogens is 3. The lowest BCUT2D eigenvalue weighted by Gasteiger charge is -2.14. The summed E-state index contributed by atoms with van der Waals surface area (Å²) in [5, 5.41) is 5.22. The number of hydrogen-bond donors (Lipinski definition) is 2. The molecular formula is C19H21F3N4O4. The maximum absolute atomic E-state index is 12.4. The standard InChI is InChI=1S/C19H21F3N4O4/c1-3-16(27)26-15-8-13(5-6-23-15)17(28)24-9-12-7-14(29-4-2)18(25-10-12)30-11-19(20,21)22/h5-8,10H,3-4,9,11H2,1-2H3,(H,24,28)(H,23,26,27). The van der Waals surface area contributed by atoms with Crippen molar-refractivity contribution in [3.63, 3.8) is 0 Å². The van der Waals surface area contributed by atoms with E-state index in [1.165, 1.54) is 30.6 Å². The van der Waals surface area contributed by atoms with Gasteiger partial charge in [-0.25, -0.2) is 9.97 Å². The largest absolute Gasteiger partial charge is 0.488 e. The Morgan fingerprint density at radius 3 is 2.57 bits per heavy atom. The molecular weight excluding hydrogens is 405 g/mol. The number of pyridine rings is 2. The van der Waals surface area contributed by atoms with Crippen LogP contribution in [0.5, 0.6) is 11.6 Å². The minimum atomic E-state index is -4.50. The SMILES string of the molecule is CCOc1cc(CNC(=O)c2ccnc(NC(=O)CC)c2)cnc1OCC(F)(F)F. The van der Waals surface area contributed by atoms with Gasteiger partial charge in [0.1, 0.15) is 5.82 Å². The fourth-order valence-corrected chi connectivity index (χ4v) is 2.24. The van der Waals surface area contributed by atoms with E-state index in [4.69, 9.17) is 4.74 Å². The highest BCUT2D eigenvalue weighted by Gasteiger charge is 2.29. The summed E-state index contributed by atoms with van der Waals surface area (Å²) < 4.78 is 47.0. The molecule has 2 heterocycles. The molecule has 8 nitrogen and oxygen atoms in total. The summed E-state index contributed by atoms with van der Waals surface area (Å²) in [7, 11) is 0. The smallest absolute Gasteiger partial charge is 0.422 e. The van der Waals surface area contributed by atoms with Gasteiger partial charge < -0.3 is 20.1 Å². The van der Waals surface area contributed by atoms with Crippen LogP contribution >= 0.6 is 0 Å². The Bertz CT molecular complexity index is 890. The Hall–Kier alpha value is -3.37. The van der Waals surface area contributed by atoms with E-state index in [2.05, 4.69) is 25.3 Å². The van der Waals surface area contributed by atoms with Crippen molar-refractivity contribution in [2.75, 3.05) is 18.5 Å². The second-order valence-electron chi connectivity index (χ2n) is 6.00. The summed E-state index contributed by atoms with van der Waals surface area (Å²) in [6.07, 6.45) is -1.55. The lowest BCUT2D eigenvalue weighted by atomic mass is 10.2. The molecule has 0 aliphatic carbocycles. The zero-order valence-corrected chi connectivity index (χ0v) is 16.4. The van der Waals surface area contributed by atoms with Gasteiger partial charge in [0, 0.05) is 30.9 Å². The number of aromatic nitrogens is 2. The van der Waals surface area contributed by atoms with Gasteiger partial charge in [0.05, 0.1) is 6.61 Å². The summed E-state index contributed by atoms with van der Waals surface area (Å²) in [5.41, 5.74) is 0.777. The van der Waals surface area contributed by atoms with Crippen LogP contribution in [0.2, 0.25) is 0 Å². The normalized spacial score (nSPS) is 11.0. The van der Waals surface area contributed by atoms with Crippen molar-refractivity contribution in [2.24, 2.45) is 0 Å². The molecule has 0 aliphatic heterocycles. The fourth-order valence-electron chi connectivity index (χ4n) is 2.24. The van der Waals surface area contributed by atoms with E-state index in [9.17, 15) is 22.8 Å². The fraction of sp³-hybridized carbons (Fsp3) is 0.368. The molecule has 162 valence electrons. The van der Waals surface area contributed by atoms with Crippen molar-refractivity contribution in [2.45, 2.75) is 33.0 Å². The Morgan fingerprint density at radius 2 is 1.90 bits per heavy atom. The van der Waals surface area contributed by atoms with Crippen molar-refractivity contribution in [3.05, 3.63) is 41.7 Å². The first kappa shape index (κ1) is 22.9. The van der Waals surface area contributed by atoms with Gasteiger partial charge in [-0.05, 0) is 30.7 Å². The van der Waals surface area contributed by atoms with Crippen LogP contribution in [0, 0.1) is 0 Å². The average molecular weight is 426 g/mol. The Balaban J connectivity index is 2.04. The topological polar surface area (TPSA) is 102 Å². The van der Waals surface area contributed by atoms with Crippen molar-refractivity contribution in [3.8, 4) is 11.6 Å². The van der Waals surface area contributed by atoms with E-state index in [-0.39, 0.29) is 48.5 Å². The first-order valence-corrected chi connectivity index (χ1v) is 9.07. The lowest BCUT2D eigenvalue weighted by molar-refractivity contribution is -0.154. The molecule has 11 heteroatoms. The second-order valence-corrected chi connectivity index (χ2v) is 6.00. The molecule has 0 aromatic carbocycles. The third-order valence-electron chi connectivity index (χ3n) is 3.61. The summed E-state index contributed by atoms with van der Waals surface area (Å²) >= 11 is 0. The molecule has 0 bridgehead atoms. The van der Waals surface area contributed by atoms with Gasteiger partial charge in [-0.3, -0.25) is 9.59 Å². The van der Waals surface area contributed by atoms with Gasteiger partial charge in [-0.15, -0.1) is 0 Å². The molecule has 2 amide bonds. The van der Waals surface area contributed by atoms with E-state index in [1.54, 1.807) is 13.8 Å². The highest BCUT2D eigenvalue weighted by atomic mass is 19.4. The maximum Gasteiger partial charge on any atom is 0.422 e. The molecule has 0 saturated heterocycles. The quantitative estimate of drug-likeness (QED) is 0.639. The van der Waals surface area contributed by atoms with E-state index in [1.807, 2.05) is 0 Å². The monoisotopic (exact) mass is 426 g/mol. The van der Waals surface area contributed by atoms with E-state index in [0.717, 1.165) is 0 Å². The molecule has 0 atom stereocenters. The number of alkyl halides is 3. The minimum absolute atomic E-state index is 0.0435. The predicted octanol–water partition coefficient (Wildman–Crippen LogP) is 3.09. The molecule has 0 aliphatic rings. The second kappa shape index (κ2) is 10.4. The third-order valence-corrected chi connectivity index (χ3v) is 3.61. The summed E-state index contributed by atoms with van der Waals surface area (Å²) in [6.45, 7) is 2.11. The van der Waals surface area contributed by atoms with Crippen molar-refractivity contribution in [1.82, 2.24) is 15.3 Å². The molecule has 2 N–H and O–H groups in total. The van der Waals surface area contributed by atoms with Crippen LogP contribution in [-0.2, 0) is 11.3 Å². The van der Waals surface area contributed by atoms with Crippen LogP contribution in [0.25, 0.3) is 0 Å². The number of carbonyl (C=O) groups is 2. The highest BCUT2D eigenvalue weighted by Crippen LogP contribution is 2.27. The molecule has 0 radical (unpaired) electrons. The van der Waals surface area contributed by atoms with Gasteiger partial charge in [-0.2, -0.15) is 13.2 Å². The number of hydrogen-bond acceptors (Lipinski definition) is 6. The average Bonchev–Trinajstić information content (AvgIpc) is 2.71. The van der Waals surface area contributed by atoms with Gasteiger partial charge in [-0.1, -0.05) is 6.92 Å². The number of nitrogens with one attached hydrogen (secondary N) is 2. The highest BCUT2D eigenvalue weighted by molar-refractivity contribution is 5.96. The first-order chi connectivity index (χ1) is 14.2. The van der Waals surface area contributed by atoms with Gasteiger partial charge in [0.25, 0.3) is 11.8 Å². The first-order valence-electron chi connectivity index (χ1n) is 9.07. The molecule has 0 spiro atoms. The number of nitrogens with zero attached hydrogens (tertiary/aromatic N) is 2. The van der Waals surface area contributed by atoms with Crippen LogP contribution in [0.15, 0.2) is 30.6 Å². The van der Waals surface area contributed by atoms with Crippen LogP contribution < -0.4 is 20.1 Å². The van der Waals surface area contributed by atoms with Crippen molar-refractivity contribution >= 4 is 17.6 Å². The van der Waals surface area contributed by atoms with Gasteiger partial charge >= 0.3 is 6.18 Å². The van der Waals surface area contributed by atoms with E-state index >= 15 is 0 Å². The zero-order chi connectivity index (χ0) is 22.1. The number of ether oxygens (including phenoxy) is 2. The van der Waals surface area contributed by atoms with Crippen LogP contribution in [0.3, 0.4) is 0 Å². The summed E-state index contributed by atoms with van der Waals surface area (Å²) in [6, 6.07) is 4.36. The summed E-state index contributed by atoms with van der Waals surface area (Å²) in [4.78, 5) is 31.6. The Morgan fingerprint density at radius 1 is 1.13 bits per heavy atom. The molecule has 0 unspecified atom stereocenters. The van der Waals surface area contributed by atoms with E-state index in [0.29, 0.717) is 5.56 Å². The summed E-state index contributed by atoms with van der Waals surface area (Å²) in [5.74, 6) is -0.653. The van der Waals surface area contributed by atoms with Crippen molar-refractivity contribution < 1.29 is 32.2 Å². The molecule has 2 aromatic heterocycles. The van der Waals surface area contributed by atoms with Crippen LogP contribution in [0.4, 0.5) is 19.0 Å². The molecule has 2 rings (SSSR count). The Labute approximate surface area is 170 Å². The molecule has 30 heavy (non-hydrogen) atoms. The maximum atomic E-state index is 12.4. The molecule has 0 fully saturated rings. The number of amides is 2. The van der Waals surface area contributed by atoms with Crippen LogP contribution in [0.1, 0.15) is 36.2 Å². The lowest BCUT2D eigenvalue weighted by Crippen LogP contribution is -2.23. The molecule has 2 aromatic rings. The van der Waals surface area contributed by atoms with Crippen LogP contribution in [-0.4, -0.2) is 41.2 Å². The van der Waals surface area contributed by atoms with Gasteiger partial charge in [0.15, 0.2) is 12.4 Å². The van der Waals surface area contributed by atoms with Crippen molar-refractivity contribution in [1.29, 1.82) is 0 Å². The molecule has 0 saturated carbocycles. The predicted molar refractivity (Wildman–Crippen MR) is 101 cm³/mol. The number of carbonyl (C=O) groups excluding carboxylic acids is 2. The zero-order valence-electron chi connectivity index (χ0n) is 16.4. The number of rotatable bonds is 9. The van der Waals surface area contributed by atoms with E-state index < -0.39 is 18.7 Å². The third kappa shape index (κ3) is 7.22. The number of anilines is 1. The Kier molecular flexibility index (Phi) is 7.96. The van der Waals surface area contributed by atoms with Gasteiger partial charge in [0.2, 0.25) is 5.91 Å².